The standard InChI is InChI=1S/C8H10N2/c1-7-6-9-3-2-8(7)10-4-5-10/h2-3,6H,4-5H2,1H3. The molecule has 0 radical (unpaired) electrons. The smallest absolute Gasteiger partial charge is 0.0428 e. The molecule has 10 heavy (non-hydrogen) atoms. The fourth-order valence-corrected chi connectivity index (χ4v) is 1.11. The van der Waals surface area contributed by atoms with Crippen LogP contribution < -0.4 is 4.90 Å². The van der Waals surface area contributed by atoms with Gasteiger partial charge in [-0.3, -0.25) is 4.98 Å². The second kappa shape index (κ2) is 1.97. The summed E-state index contributed by atoms with van der Waals surface area (Å²) in [4.78, 5) is 6.36. The van der Waals surface area contributed by atoms with Gasteiger partial charge in [0.15, 0.2) is 0 Å². The average Bonchev–Trinajstić information content (AvgIpc) is 2.71. The Morgan fingerprint density at radius 1 is 1.50 bits per heavy atom. The maximum Gasteiger partial charge on any atom is 0.0428 e. The fourth-order valence-electron chi connectivity index (χ4n) is 1.11. The number of aryl methyl sites for hydroxylation is 1. The fraction of sp³-hybridized carbons (Fsp3) is 0.375. The minimum Gasteiger partial charge on any atom is -0.368 e. The van der Waals surface area contributed by atoms with E-state index in [1.54, 1.807) is 0 Å². The Kier molecular flexibility index (Phi) is 1.13. The summed E-state index contributed by atoms with van der Waals surface area (Å²) < 4.78 is 0. The van der Waals surface area contributed by atoms with Crippen LogP contribution in [0.3, 0.4) is 0 Å². The molecule has 0 bridgehead atoms. The van der Waals surface area contributed by atoms with E-state index in [9.17, 15) is 0 Å². The van der Waals surface area contributed by atoms with Crippen molar-refractivity contribution in [3.05, 3.63) is 24.0 Å². The summed E-state index contributed by atoms with van der Waals surface area (Å²) in [6.07, 6.45) is 3.76. The third kappa shape index (κ3) is 0.856. The zero-order valence-electron chi connectivity index (χ0n) is 6.04. The molecule has 2 rings (SSSR count). The van der Waals surface area contributed by atoms with Crippen molar-refractivity contribution in [1.29, 1.82) is 0 Å². The third-order valence-electron chi connectivity index (χ3n) is 1.78. The van der Waals surface area contributed by atoms with Crippen molar-refractivity contribution in [1.82, 2.24) is 4.98 Å². The molecule has 0 N–H and O–H groups in total. The molecule has 1 fully saturated rings. The highest BCUT2D eigenvalue weighted by Crippen LogP contribution is 2.23. The van der Waals surface area contributed by atoms with E-state index in [1.165, 1.54) is 24.3 Å². The van der Waals surface area contributed by atoms with Gasteiger partial charge < -0.3 is 4.90 Å². The molecule has 52 valence electrons. The minimum atomic E-state index is 1.21. The van der Waals surface area contributed by atoms with Crippen LogP contribution in [0.15, 0.2) is 18.5 Å². The summed E-state index contributed by atoms with van der Waals surface area (Å²) in [6, 6.07) is 2.07. The highest BCUT2D eigenvalue weighted by molar-refractivity contribution is 5.55. The number of anilines is 1. The number of hydrogen-bond donors (Lipinski definition) is 0. The molecule has 0 aliphatic carbocycles. The number of hydrogen-bond acceptors (Lipinski definition) is 2. The first-order chi connectivity index (χ1) is 4.88. The van der Waals surface area contributed by atoms with Gasteiger partial charge in [-0.05, 0) is 18.6 Å². The van der Waals surface area contributed by atoms with Gasteiger partial charge in [0.05, 0.1) is 0 Å². The van der Waals surface area contributed by atoms with Crippen LogP contribution in [-0.4, -0.2) is 18.1 Å². The molecular formula is C8H10N2. The van der Waals surface area contributed by atoms with Gasteiger partial charge in [0.25, 0.3) is 0 Å². The van der Waals surface area contributed by atoms with Crippen LogP contribution in [0.1, 0.15) is 5.56 Å². The number of rotatable bonds is 1. The Morgan fingerprint density at radius 2 is 2.30 bits per heavy atom. The van der Waals surface area contributed by atoms with Crippen molar-refractivity contribution < 1.29 is 0 Å². The molecular weight excluding hydrogens is 124 g/mol. The number of aromatic nitrogens is 1. The Labute approximate surface area is 60.5 Å². The third-order valence-corrected chi connectivity index (χ3v) is 1.78. The van der Waals surface area contributed by atoms with Gasteiger partial charge in [-0.1, -0.05) is 0 Å². The summed E-state index contributed by atoms with van der Waals surface area (Å²) >= 11 is 0. The highest BCUT2D eigenvalue weighted by Gasteiger charge is 2.18. The molecule has 2 heterocycles. The van der Waals surface area contributed by atoms with Crippen LogP contribution in [0.2, 0.25) is 0 Å². The molecule has 0 aromatic carbocycles. The first-order valence-corrected chi connectivity index (χ1v) is 3.53. The first kappa shape index (κ1) is 5.71. The van der Waals surface area contributed by atoms with E-state index in [2.05, 4.69) is 22.9 Å². The molecule has 0 unspecified atom stereocenters. The zero-order valence-corrected chi connectivity index (χ0v) is 6.04. The van der Waals surface area contributed by atoms with Crippen LogP contribution in [0.4, 0.5) is 5.69 Å². The predicted octanol–water partition coefficient (Wildman–Crippen LogP) is 1.21. The largest absolute Gasteiger partial charge is 0.368 e. The Bertz CT molecular complexity index is 241. The van der Waals surface area contributed by atoms with Gasteiger partial charge in [-0.15, -0.1) is 0 Å². The Morgan fingerprint density at radius 3 is 2.90 bits per heavy atom. The molecule has 1 aromatic heterocycles. The molecule has 0 spiro atoms. The summed E-state index contributed by atoms with van der Waals surface area (Å²) in [7, 11) is 0. The van der Waals surface area contributed by atoms with Gasteiger partial charge >= 0.3 is 0 Å². The van der Waals surface area contributed by atoms with Crippen LogP contribution in [0.25, 0.3) is 0 Å². The Balaban J connectivity index is 2.39. The van der Waals surface area contributed by atoms with Crippen LogP contribution in [-0.2, 0) is 0 Å². The molecule has 1 aromatic rings. The molecule has 2 nitrogen and oxygen atoms in total. The van der Waals surface area contributed by atoms with E-state index in [0.717, 1.165) is 0 Å². The van der Waals surface area contributed by atoms with Gasteiger partial charge in [0.2, 0.25) is 0 Å². The summed E-state index contributed by atoms with van der Waals surface area (Å²) in [5.41, 5.74) is 2.62. The van der Waals surface area contributed by atoms with Crippen molar-refractivity contribution in [3.8, 4) is 0 Å². The lowest BCUT2D eigenvalue weighted by atomic mass is 10.3. The van der Waals surface area contributed by atoms with Crippen molar-refractivity contribution in [3.63, 3.8) is 0 Å². The molecule has 2 heteroatoms. The van der Waals surface area contributed by atoms with E-state index >= 15 is 0 Å². The zero-order chi connectivity index (χ0) is 6.97. The maximum atomic E-state index is 4.03. The topological polar surface area (TPSA) is 15.9 Å². The lowest BCUT2D eigenvalue weighted by molar-refractivity contribution is 1.23. The normalized spacial score (nSPS) is 15.5. The predicted molar refractivity (Wildman–Crippen MR) is 41.2 cm³/mol. The molecule has 0 atom stereocenters. The van der Waals surface area contributed by atoms with E-state index in [-0.39, 0.29) is 0 Å². The summed E-state index contributed by atoms with van der Waals surface area (Å²) in [5, 5.41) is 0. The van der Waals surface area contributed by atoms with Crippen LogP contribution in [0, 0.1) is 6.92 Å². The van der Waals surface area contributed by atoms with Gasteiger partial charge in [0, 0.05) is 31.2 Å². The van der Waals surface area contributed by atoms with Crippen LogP contribution in [0.5, 0.6) is 0 Å². The quantitative estimate of drug-likeness (QED) is 0.536. The van der Waals surface area contributed by atoms with Gasteiger partial charge in [-0.25, -0.2) is 0 Å². The van der Waals surface area contributed by atoms with E-state index in [1.807, 2.05) is 12.4 Å². The Hall–Kier alpha value is -1.05. The maximum absolute atomic E-state index is 4.03. The highest BCUT2D eigenvalue weighted by atomic mass is 15.3. The monoisotopic (exact) mass is 134 g/mol. The van der Waals surface area contributed by atoms with Crippen molar-refractivity contribution in [2.45, 2.75) is 6.92 Å². The van der Waals surface area contributed by atoms with Crippen molar-refractivity contribution >= 4 is 5.69 Å². The second-order valence-corrected chi connectivity index (χ2v) is 2.65. The molecule has 1 saturated heterocycles. The molecule has 0 amide bonds. The SMILES string of the molecule is Cc1cnccc1N1CC1. The molecule has 0 saturated carbocycles. The van der Waals surface area contributed by atoms with E-state index < -0.39 is 0 Å². The van der Waals surface area contributed by atoms with Crippen LogP contribution >= 0.6 is 0 Å². The van der Waals surface area contributed by atoms with Gasteiger partial charge in [-0.2, -0.15) is 0 Å². The number of pyridine rings is 1. The second-order valence-electron chi connectivity index (χ2n) is 2.65. The lowest BCUT2D eigenvalue weighted by Gasteiger charge is -2.03. The first-order valence-electron chi connectivity index (χ1n) is 3.53. The number of nitrogens with zero attached hydrogens (tertiary/aromatic N) is 2. The molecule has 1 aliphatic heterocycles. The van der Waals surface area contributed by atoms with E-state index in [0.29, 0.717) is 0 Å². The lowest BCUT2D eigenvalue weighted by Crippen LogP contribution is -1.93. The average molecular weight is 134 g/mol. The minimum absolute atomic E-state index is 1.21. The summed E-state index contributed by atoms with van der Waals surface area (Å²) in [5.74, 6) is 0. The van der Waals surface area contributed by atoms with Crippen molar-refractivity contribution in [2.24, 2.45) is 0 Å². The summed E-state index contributed by atoms with van der Waals surface area (Å²) in [6.45, 7) is 4.52. The van der Waals surface area contributed by atoms with Gasteiger partial charge in [0.1, 0.15) is 0 Å². The molecule has 1 aliphatic rings. The van der Waals surface area contributed by atoms with E-state index in [4.69, 9.17) is 0 Å². The van der Waals surface area contributed by atoms with Crippen molar-refractivity contribution in [2.75, 3.05) is 18.0 Å².